The zero-order valence-electron chi connectivity index (χ0n) is 20.8. The average molecular weight is 487 g/mol. The molecule has 0 radical (unpaired) electrons. The van der Waals surface area contributed by atoms with Crippen LogP contribution in [0.15, 0.2) is 72.8 Å². The lowest BCUT2D eigenvalue weighted by atomic mass is 9.94. The van der Waals surface area contributed by atoms with E-state index in [9.17, 15) is 9.59 Å². The van der Waals surface area contributed by atoms with Gasteiger partial charge in [-0.05, 0) is 48.7 Å². The molecule has 0 aliphatic heterocycles. The zero-order valence-corrected chi connectivity index (χ0v) is 20.8. The monoisotopic (exact) mass is 486 g/mol. The van der Waals surface area contributed by atoms with Crippen molar-refractivity contribution in [1.82, 2.24) is 4.90 Å². The molecule has 0 aromatic heterocycles. The number of ether oxygens (including phenoxy) is 2. The molecule has 0 spiro atoms. The quantitative estimate of drug-likeness (QED) is 0.306. The molecule has 0 bridgehead atoms. The number of nitrogens with zero attached hydrogens (tertiary/aromatic N) is 1. The predicted octanol–water partition coefficient (Wildman–Crippen LogP) is 5.75. The van der Waals surface area contributed by atoms with Gasteiger partial charge in [-0.3, -0.25) is 4.90 Å². The van der Waals surface area contributed by atoms with Gasteiger partial charge >= 0.3 is 11.9 Å². The van der Waals surface area contributed by atoms with Crippen LogP contribution < -0.4 is 5.73 Å². The Hall–Kier alpha value is -3.64. The molecule has 6 nitrogen and oxygen atoms in total. The SMILES string of the molecule is CN(Cc1cc(C(=O)OCc2ccccc2)cc(C(=O)OCc2ccccc2)c1N)C1CCCCC1. The van der Waals surface area contributed by atoms with Crippen molar-refractivity contribution in [2.24, 2.45) is 0 Å². The maximum atomic E-state index is 13.1. The Morgan fingerprint density at radius 1 is 0.833 bits per heavy atom. The summed E-state index contributed by atoms with van der Waals surface area (Å²) >= 11 is 0. The number of hydrogen-bond donors (Lipinski definition) is 1. The third-order valence-electron chi connectivity index (χ3n) is 6.76. The van der Waals surface area contributed by atoms with Gasteiger partial charge in [0.15, 0.2) is 0 Å². The summed E-state index contributed by atoms with van der Waals surface area (Å²) in [5.74, 6) is -1.06. The fourth-order valence-corrected chi connectivity index (χ4v) is 4.66. The van der Waals surface area contributed by atoms with Crippen molar-refractivity contribution >= 4 is 17.6 Å². The molecule has 0 saturated heterocycles. The number of esters is 2. The topological polar surface area (TPSA) is 81.9 Å². The summed E-state index contributed by atoms with van der Waals surface area (Å²) in [6.07, 6.45) is 5.98. The first-order valence-corrected chi connectivity index (χ1v) is 12.6. The molecular weight excluding hydrogens is 452 g/mol. The number of hydrogen-bond acceptors (Lipinski definition) is 6. The molecule has 3 aromatic carbocycles. The Morgan fingerprint density at radius 3 is 1.97 bits per heavy atom. The fourth-order valence-electron chi connectivity index (χ4n) is 4.66. The van der Waals surface area contributed by atoms with Crippen LogP contribution in [0.1, 0.15) is 69.5 Å². The summed E-state index contributed by atoms with van der Waals surface area (Å²) < 4.78 is 11.1. The van der Waals surface area contributed by atoms with Crippen LogP contribution in [0.5, 0.6) is 0 Å². The molecule has 36 heavy (non-hydrogen) atoms. The Balaban J connectivity index is 1.56. The van der Waals surface area contributed by atoms with Gasteiger partial charge in [0.25, 0.3) is 0 Å². The lowest BCUT2D eigenvalue weighted by Gasteiger charge is -2.31. The summed E-state index contributed by atoms with van der Waals surface area (Å²) in [5, 5.41) is 0. The molecule has 1 saturated carbocycles. The number of carbonyl (C=O) groups is 2. The minimum Gasteiger partial charge on any atom is -0.457 e. The summed E-state index contributed by atoms with van der Waals surface area (Å²) in [7, 11) is 2.07. The van der Waals surface area contributed by atoms with Gasteiger partial charge in [-0.2, -0.15) is 0 Å². The largest absolute Gasteiger partial charge is 0.457 e. The lowest BCUT2D eigenvalue weighted by molar-refractivity contribution is 0.0471. The Morgan fingerprint density at radius 2 is 1.39 bits per heavy atom. The van der Waals surface area contributed by atoms with E-state index in [-0.39, 0.29) is 18.8 Å². The highest BCUT2D eigenvalue weighted by Crippen LogP contribution is 2.27. The molecule has 2 N–H and O–H groups in total. The molecule has 6 heteroatoms. The molecule has 1 fully saturated rings. The van der Waals surface area contributed by atoms with Gasteiger partial charge in [0.1, 0.15) is 13.2 Å². The van der Waals surface area contributed by atoms with E-state index in [1.165, 1.54) is 25.3 Å². The highest BCUT2D eigenvalue weighted by atomic mass is 16.5. The van der Waals surface area contributed by atoms with Crippen LogP contribution in [0, 0.1) is 0 Å². The molecule has 4 rings (SSSR count). The van der Waals surface area contributed by atoms with E-state index in [0.29, 0.717) is 23.8 Å². The molecule has 0 amide bonds. The maximum absolute atomic E-state index is 13.1. The van der Waals surface area contributed by atoms with E-state index in [1.54, 1.807) is 6.07 Å². The van der Waals surface area contributed by atoms with Gasteiger partial charge in [-0.15, -0.1) is 0 Å². The van der Waals surface area contributed by atoms with Crippen LogP contribution in [-0.4, -0.2) is 29.9 Å². The molecule has 0 unspecified atom stereocenters. The number of benzene rings is 3. The van der Waals surface area contributed by atoms with Crippen LogP contribution in [-0.2, 0) is 29.2 Å². The van der Waals surface area contributed by atoms with Gasteiger partial charge in [0.2, 0.25) is 0 Å². The van der Waals surface area contributed by atoms with E-state index in [4.69, 9.17) is 15.2 Å². The molecule has 188 valence electrons. The normalized spacial score (nSPS) is 13.9. The van der Waals surface area contributed by atoms with Crippen molar-refractivity contribution in [3.05, 3.63) is 101 Å². The van der Waals surface area contributed by atoms with Crippen molar-refractivity contribution in [2.45, 2.75) is 57.9 Å². The predicted molar refractivity (Wildman–Crippen MR) is 140 cm³/mol. The second-order valence-corrected chi connectivity index (χ2v) is 9.43. The third kappa shape index (κ3) is 6.73. The zero-order chi connectivity index (χ0) is 25.3. The Bertz CT molecular complexity index is 1160. The average Bonchev–Trinajstić information content (AvgIpc) is 2.93. The molecular formula is C30H34N2O4. The van der Waals surface area contributed by atoms with Crippen molar-refractivity contribution in [3.8, 4) is 0 Å². The summed E-state index contributed by atoms with van der Waals surface area (Å²) in [5.41, 5.74) is 9.80. The molecule has 0 heterocycles. The maximum Gasteiger partial charge on any atom is 0.340 e. The second-order valence-electron chi connectivity index (χ2n) is 9.43. The minimum absolute atomic E-state index is 0.124. The van der Waals surface area contributed by atoms with Crippen LogP contribution in [0.4, 0.5) is 5.69 Å². The molecule has 1 aliphatic rings. The van der Waals surface area contributed by atoms with Crippen LogP contribution in [0.25, 0.3) is 0 Å². The van der Waals surface area contributed by atoms with Gasteiger partial charge in [0.05, 0.1) is 16.8 Å². The number of carbonyl (C=O) groups excluding carboxylic acids is 2. The number of nitrogen functional groups attached to an aromatic ring is 1. The van der Waals surface area contributed by atoms with E-state index < -0.39 is 11.9 Å². The van der Waals surface area contributed by atoms with Gasteiger partial charge in [-0.1, -0.05) is 79.9 Å². The summed E-state index contributed by atoms with van der Waals surface area (Å²) in [4.78, 5) is 28.3. The fraction of sp³-hybridized carbons (Fsp3) is 0.333. The van der Waals surface area contributed by atoms with Crippen LogP contribution in [0.2, 0.25) is 0 Å². The van der Waals surface area contributed by atoms with E-state index >= 15 is 0 Å². The van der Waals surface area contributed by atoms with Gasteiger partial charge < -0.3 is 15.2 Å². The highest BCUT2D eigenvalue weighted by molar-refractivity contribution is 6.00. The summed E-state index contributed by atoms with van der Waals surface area (Å²) in [6.45, 7) is 0.809. The van der Waals surface area contributed by atoms with Gasteiger partial charge in [-0.25, -0.2) is 9.59 Å². The van der Waals surface area contributed by atoms with Crippen molar-refractivity contribution in [3.63, 3.8) is 0 Å². The third-order valence-corrected chi connectivity index (χ3v) is 6.76. The van der Waals surface area contributed by atoms with Crippen LogP contribution in [0.3, 0.4) is 0 Å². The first-order valence-electron chi connectivity index (χ1n) is 12.6. The van der Waals surface area contributed by atoms with Gasteiger partial charge in [0, 0.05) is 12.6 Å². The van der Waals surface area contributed by atoms with Crippen LogP contribution >= 0.6 is 0 Å². The van der Waals surface area contributed by atoms with E-state index in [1.807, 2.05) is 60.7 Å². The molecule has 1 aliphatic carbocycles. The minimum atomic E-state index is -0.560. The lowest BCUT2D eigenvalue weighted by Crippen LogP contribution is -2.33. The van der Waals surface area contributed by atoms with E-state index in [0.717, 1.165) is 29.5 Å². The van der Waals surface area contributed by atoms with Crippen molar-refractivity contribution < 1.29 is 19.1 Å². The number of rotatable bonds is 9. The van der Waals surface area contributed by atoms with E-state index in [2.05, 4.69) is 11.9 Å². The summed E-state index contributed by atoms with van der Waals surface area (Å²) in [6, 6.07) is 22.6. The Labute approximate surface area is 213 Å². The first-order chi connectivity index (χ1) is 17.5. The number of nitrogens with two attached hydrogens (primary N) is 1. The smallest absolute Gasteiger partial charge is 0.340 e. The van der Waals surface area contributed by atoms with Crippen molar-refractivity contribution in [1.29, 1.82) is 0 Å². The molecule has 3 aromatic rings. The highest BCUT2D eigenvalue weighted by Gasteiger charge is 2.23. The standard InChI is InChI=1S/C30H34N2O4/c1-32(26-15-9-4-10-16-26)19-25-17-24(29(33)35-20-22-11-5-2-6-12-22)18-27(28(25)31)30(34)36-21-23-13-7-3-8-14-23/h2-3,5-8,11-14,17-18,26H,4,9-10,15-16,19-21,31H2,1H3. The first kappa shape index (κ1) is 25.5. The van der Waals surface area contributed by atoms with Crippen molar-refractivity contribution in [2.75, 3.05) is 12.8 Å². The Kier molecular flexibility index (Phi) is 8.74. The number of anilines is 1. The second kappa shape index (κ2) is 12.4. The molecule has 0 atom stereocenters.